The number of hydrogen-bond acceptors (Lipinski definition) is 2. The molecule has 0 bridgehead atoms. The lowest BCUT2D eigenvalue weighted by Gasteiger charge is -2.18. The van der Waals surface area contributed by atoms with Crippen molar-refractivity contribution < 1.29 is 14.7 Å². The number of carboxylic acids is 1. The molecule has 1 aliphatic heterocycles. The molecular formula is C17H21NO3. The van der Waals surface area contributed by atoms with Crippen molar-refractivity contribution in [1.82, 2.24) is 0 Å². The first-order valence-electron chi connectivity index (χ1n) is 7.32. The van der Waals surface area contributed by atoms with Gasteiger partial charge >= 0.3 is 5.97 Å². The minimum Gasteiger partial charge on any atom is -0.481 e. The van der Waals surface area contributed by atoms with E-state index in [4.69, 9.17) is 0 Å². The zero-order chi connectivity index (χ0) is 15.6. The summed E-state index contributed by atoms with van der Waals surface area (Å²) in [6.07, 6.45) is 0. The Bertz CT molecular complexity index is 619. The molecule has 1 N–H and O–H groups in total. The van der Waals surface area contributed by atoms with Gasteiger partial charge in [-0.3, -0.25) is 9.59 Å². The van der Waals surface area contributed by atoms with Gasteiger partial charge in [-0.25, -0.2) is 0 Å². The largest absolute Gasteiger partial charge is 0.481 e. The summed E-state index contributed by atoms with van der Waals surface area (Å²) < 4.78 is 0. The second kappa shape index (κ2) is 4.09. The van der Waals surface area contributed by atoms with Crippen molar-refractivity contribution in [2.75, 3.05) is 11.4 Å². The van der Waals surface area contributed by atoms with Crippen molar-refractivity contribution in [2.24, 2.45) is 16.7 Å². The molecule has 0 saturated heterocycles. The Labute approximate surface area is 124 Å². The van der Waals surface area contributed by atoms with Crippen molar-refractivity contribution in [3.8, 4) is 0 Å². The van der Waals surface area contributed by atoms with Crippen molar-refractivity contribution in [2.45, 2.75) is 33.6 Å². The number of rotatable bonds is 2. The Morgan fingerprint density at radius 2 is 1.71 bits per heavy atom. The van der Waals surface area contributed by atoms with Gasteiger partial charge in [-0.05, 0) is 22.5 Å². The second-order valence-electron chi connectivity index (χ2n) is 7.27. The number of carbonyl (C=O) groups is 2. The minimum absolute atomic E-state index is 0.0413. The van der Waals surface area contributed by atoms with Gasteiger partial charge in [0, 0.05) is 18.2 Å². The summed E-state index contributed by atoms with van der Waals surface area (Å²) in [6, 6.07) is 7.34. The third-order valence-electron chi connectivity index (χ3n) is 5.80. The molecule has 1 unspecified atom stereocenters. The fourth-order valence-corrected chi connectivity index (χ4v) is 3.80. The third-order valence-corrected chi connectivity index (χ3v) is 5.80. The smallest absolute Gasteiger partial charge is 0.312 e. The molecule has 1 aromatic rings. The first-order chi connectivity index (χ1) is 9.69. The van der Waals surface area contributed by atoms with Crippen molar-refractivity contribution in [3.05, 3.63) is 29.8 Å². The van der Waals surface area contributed by atoms with E-state index >= 15 is 0 Å². The molecule has 1 saturated carbocycles. The Morgan fingerprint density at radius 3 is 2.24 bits per heavy atom. The minimum atomic E-state index is -0.868. The topological polar surface area (TPSA) is 57.6 Å². The molecule has 21 heavy (non-hydrogen) atoms. The lowest BCUT2D eigenvalue weighted by atomic mass is 10.0. The van der Waals surface area contributed by atoms with Crippen molar-refractivity contribution >= 4 is 17.6 Å². The molecule has 1 fully saturated rings. The van der Waals surface area contributed by atoms with Gasteiger partial charge in [0.05, 0.1) is 0 Å². The Kier molecular flexibility index (Phi) is 2.75. The molecule has 1 amide bonds. The molecule has 0 radical (unpaired) electrons. The highest BCUT2D eigenvalue weighted by Gasteiger charge is 2.69. The fourth-order valence-electron chi connectivity index (χ4n) is 3.80. The quantitative estimate of drug-likeness (QED) is 0.910. The van der Waals surface area contributed by atoms with Crippen LogP contribution >= 0.6 is 0 Å². The van der Waals surface area contributed by atoms with E-state index in [2.05, 4.69) is 27.7 Å². The zero-order valence-electron chi connectivity index (χ0n) is 12.9. The van der Waals surface area contributed by atoms with E-state index in [0.29, 0.717) is 0 Å². The average molecular weight is 287 g/mol. The molecule has 1 heterocycles. The predicted octanol–water partition coefficient (Wildman–Crippen LogP) is 2.88. The summed E-state index contributed by atoms with van der Waals surface area (Å²) in [6.45, 7) is 8.66. The van der Waals surface area contributed by atoms with Crippen LogP contribution in [0.1, 0.15) is 39.2 Å². The number of carbonyl (C=O) groups excluding carboxylic acids is 1. The maximum absolute atomic E-state index is 12.9. The van der Waals surface area contributed by atoms with Crippen molar-refractivity contribution in [3.63, 3.8) is 0 Å². The number of anilines is 1. The Balaban J connectivity index is 1.95. The number of para-hydroxylation sites is 1. The van der Waals surface area contributed by atoms with E-state index in [1.165, 1.54) is 0 Å². The summed E-state index contributed by atoms with van der Waals surface area (Å²) in [4.78, 5) is 26.0. The molecule has 2 aliphatic rings. The first kappa shape index (κ1) is 14.1. The molecule has 0 aromatic heterocycles. The maximum atomic E-state index is 12.9. The summed E-state index contributed by atoms with van der Waals surface area (Å²) >= 11 is 0. The average Bonchev–Trinajstić information content (AvgIpc) is 2.73. The Hall–Kier alpha value is -1.84. The molecular weight excluding hydrogens is 266 g/mol. The molecule has 112 valence electrons. The van der Waals surface area contributed by atoms with Crippen LogP contribution in [0.3, 0.4) is 0 Å². The van der Waals surface area contributed by atoms with Gasteiger partial charge in [-0.1, -0.05) is 45.9 Å². The molecule has 1 aliphatic carbocycles. The molecule has 4 nitrogen and oxygen atoms in total. The summed E-state index contributed by atoms with van der Waals surface area (Å²) in [5.41, 5.74) is 1.42. The van der Waals surface area contributed by atoms with E-state index in [-0.39, 0.29) is 29.2 Å². The van der Waals surface area contributed by atoms with Crippen LogP contribution in [0.5, 0.6) is 0 Å². The van der Waals surface area contributed by atoms with Crippen LogP contribution in [0.4, 0.5) is 5.69 Å². The van der Waals surface area contributed by atoms with E-state index in [1.54, 1.807) is 4.90 Å². The summed E-state index contributed by atoms with van der Waals surface area (Å²) in [5.74, 6) is -1.48. The first-order valence-corrected chi connectivity index (χ1v) is 7.32. The second-order valence-corrected chi connectivity index (χ2v) is 7.27. The highest BCUT2D eigenvalue weighted by molar-refractivity contribution is 6.02. The van der Waals surface area contributed by atoms with Crippen LogP contribution in [0.15, 0.2) is 24.3 Å². The number of carboxylic acid groups (broad SMARTS) is 1. The van der Waals surface area contributed by atoms with Gasteiger partial charge in [-0.2, -0.15) is 0 Å². The normalized spacial score (nSPS) is 25.5. The molecule has 1 aromatic carbocycles. The van der Waals surface area contributed by atoms with Crippen LogP contribution in [-0.4, -0.2) is 23.5 Å². The van der Waals surface area contributed by atoms with Crippen LogP contribution in [0.25, 0.3) is 0 Å². The van der Waals surface area contributed by atoms with Crippen LogP contribution in [-0.2, 0) is 9.59 Å². The monoisotopic (exact) mass is 287 g/mol. The highest BCUT2D eigenvalue weighted by Crippen LogP contribution is 2.69. The van der Waals surface area contributed by atoms with E-state index in [0.717, 1.165) is 11.3 Å². The van der Waals surface area contributed by atoms with E-state index < -0.39 is 11.9 Å². The molecule has 4 heteroatoms. The summed E-state index contributed by atoms with van der Waals surface area (Å²) in [7, 11) is 0. The molecule has 0 spiro atoms. The number of aliphatic carboxylic acids is 1. The van der Waals surface area contributed by atoms with E-state index in [1.807, 2.05) is 24.3 Å². The van der Waals surface area contributed by atoms with Gasteiger partial charge in [-0.15, -0.1) is 0 Å². The number of fused-ring (bicyclic) bond motifs is 1. The number of hydrogen-bond donors (Lipinski definition) is 1. The number of benzene rings is 1. The number of amides is 1. The maximum Gasteiger partial charge on any atom is 0.312 e. The van der Waals surface area contributed by atoms with E-state index in [9.17, 15) is 14.7 Å². The SMILES string of the molecule is CC1(C)C(C(=O)N2CC(C(=O)O)c3ccccc32)C1(C)C. The standard InChI is InChI=1S/C17H21NO3/c1-16(2)13(17(16,3)4)14(19)18-9-11(15(20)21)10-7-5-6-8-12(10)18/h5-8,11,13H,9H2,1-4H3,(H,20,21). The predicted molar refractivity (Wildman–Crippen MR) is 80.2 cm³/mol. The van der Waals surface area contributed by atoms with Crippen LogP contribution in [0, 0.1) is 16.7 Å². The van der Waals surface area contributed by atoms with Gasteiger partial charge in [0.25, 0.3) is 0 Å². The van der Waals surface area contributed by atoms with Crippen LogP contribution < -0.4 is 4.90 Å². The van der Waals surface area contributed by atoms with Crippen molar-refractivity contribution in [1.29, 1.82) is 0 Å². The molecule has 3 rings (SSSR count). The highest BCUT2D eigenvalue weighted by atomic mass is 16.4. The summed E-state index contributed by atoms with van der Waals surface area (Å²) in [5, 5.41) is 9.38. The zero-order valence-corrected chi connectivity index (χ0v) is 12.9. The Morgan fingerprint density at radius 1 is 1.14 bits per heavy atom. The number of nitrogens with zero attached hydrogens (tertiary/aromatic N) is 1. The van der Waals surface area contributed by atoms with Gasteiger partial charge in [0.15, 0.2) is 0 Å². The van der Waals surface area contributed by atoms with Gasteiger partial charge < -0.3 is 10.0 Å². The van der Waals surface area contributed by atoms with Gasteiger partial charge in [0.1, 0.15) is 5.92 Å². The third kappa shape index (κ3) is 1.74. The molecule has 1 atom stereocenters. The van der Waals surface area contributed by atoms with Crippen LogP contribution in [0.2, 0.25) is 0 Å². The van der Waals surface area contributed by atoms with Gasteiger partial charge in [0.2, 0.25) is 5.91 Å². The fraction of sp³-hybridized carbons (Fsp3) is 0.529. The lowest BCUT2D eigenvalue weighted by Crippen LogP contribution is -2.34. The lowest BCUT2D eigenvalue weighted by molar-refractivity contribution is -0.138.